The van der Waals surface area contributed by atoms with Crippen molar-refractivity contribution in [2.24, 2.45) is 0 Å². The van der Waals surface area contributed by atoms with Crippen molar-refractivity contribution in [3.63, 3.8) is 0 Å². The molecule has 0 N–H and O–H groups in total. The molecule has 72 valence electrons. The maximum atomic E-state index is 5.96. The summed E-state index contributed by atoms with van der Waals surface area (Å²) < 4.78 is 0. The van der Waals surface area contributed by atoms with E-state index >= 15 is 0 Å². The number of rotatable bonds is 1. The number of hydrogen-bond donors (Lipinski definition) is 0. The van der Waals surface area contributed by atoms with E-state index in [1.165, 1.54) is 10.4 Å². The van der Waals surface area contributed by atoms with Crippen LogP contribution in [0.1, 0.15) is 5.56 Å². The van der Waals surface area contributed by atoms with Crippen molar-refractivity contribution in [2.45, 2.75) is 6.92 Å². The molecule has 0 amide bonds. The van der Waals surface area contributed by atoms with Gasteiger partial charge in [0.2, 0.25) is 0 Å². The normalized spacial score (nSPS) is 10.5. The number of thiophene rings is 1. The van der Waals surface area contributed by atoms with E-state index in [2.05, 4.69) is 18.4 Å². The molecule has 0 saturated heterocycles. The predicted molar refractivity (Wildman–Crippen MR) is 64.5 cm³/mol. The summed E-state index contributed by atoms with van der Waals surface area (Å²) in [4.78, 5) is 1.25. The summed E-state index contributed by atoms with van der Waals surface area (Å²) >= 11 is 13.5. The first-order valence-corrected chi connectivity index (χ1v) is 5.81. The first kappa shape index (κ1) is 10.0. The first-order chi connectivity index (χ1) is 6.68. The maximum absolute atomic E-state index is 5.96. The van der Waals surface area contributed by atoms with Gasteiger partial charge in [-0.25, -0.2) is 0 Å². The van der Waals surface area contributed by atoms with Gasteiger partial charge in [-0.1, -0.05) is 29.3 Å². The summed E-state index contributed by atoms with van der Waals surface area (Å²) in [5, 5.41) is 3.29. The Hall–Kier alpha value is -0.500. The molecule has 0 aliphatic carbocycles. The van der Waals surface area contributed by atoms with Crippen LogP contribution in [0, 0.1) is 6.92 Å². The van der Waals surface area contributed by atoms with Gasteiger partial charge in [-0.3, -0.25) is 0 Å². The van der Waals surface area contributed by atoms with E-state index in [0.717, 1.165) is 5.56 Å². The standard InChI is InChI=1S/C11H8Cl2S/c1-7-4-5-14-11(7)8-2-3-9(12)10(13)6-8/h2-6H,1H3. The number of benzene rings is 1. The van der Waals surface area contributed by atoms with Gasteiger partial charge in [0.25, 0.3) is 0 Å². The summed E-state index contributed by atoms with van der Waals surface area (Å²) in [6.45, 7) is 2.09. The SMILES string of the molecule is Cc1ccsc1-c1ccc(Cl)c(Cl)c1. The smallest absolute Gasteiger partial charge is 0.0598 e. The Morgan fingerprint density at radius 3 is 2.43 bits per heavy atom. The Bertz CT molecular complexity index is 460. The largest absolute Gasteiger partial charge is 0.144 e. The molecule has 0 aliphatic rings. The van der Waals surface area contributed by atoms with Crippen molar-refractivity contribution in [1.82, 2.24) is 0 Å². The minimum absolute atomic E-state index is 0.602. The van der Waals surface area contributed by atoms with E-state index in [1.54, 1.807) is 11.3 Å². The zero-order valence-electron chi connectivity index (χ0n) is 7.55. The third-order valence-corrected chi connectivity index (χ3v) is 3.85. The van der Waals surface area contributed by atoms with Gasteiger partial charge < -0.3 is 0 Å². The molecule has 0 bridgehead atoms. The molecule has 1 aromatic heterocycles. The number of hydrogen-bond acceptors (Lipinski definition) is 1. The Labute approximate surface area is 97.1 Å². The van der Waals surface area contributed by atoms with Crippen LogP contribution in [-0.4, -0.2) is 0 Å². The van der Waals surface area contributed by atoms with Crippen LogP contribution in [-0.2, 0) is 0 Å². The Balaban J connectivity index is 2.53. The quantitative estimate of drug-likeness (QED) is 0.658. The van der Waals surface area contributed by atoms with Crippen molar-refractivity contribution < 1.29 is 0 Å². The monoisotopic (exact) mass is 242 g/mol. The van der Waals surface area contributed by atoms with Crippen LogP contribution in [0.4, 0.5) is 0 Å². The number of halogens is 2. The van der Waals surface area contributed by atoms with E-state index in [1.807, 2.05) is 18.2 Å². The topological polar surface area (TPSA) is 0 Å². The average molecular weight is 243 g/mol. The predicted octanol–water partition coefficient (Wildman–Crippen LogP) is 5.03. The fourth-order valence-electron chi connectivity index (χ4n) is 1.31. The van der Waals surface area contributed by atoms with Crippen molar-refractivity contribution >= 4 is 34.5 Å². The molecule has 0 fully saturated rings. The van der Waals surface area contributed by atoms with Crippen molar-refractivity contribution in [2.75, 3.05) is 0 Å². The summed E-state index contributed by atoms with van der Waals surface area (Å²) in [6, 6.07) is 7.83. The van der Waals surface area contributed by atoms with Crippen molar-refractivity contribution in [3.05, 3.63) is 45.3 Å². The van der Waals surface area contributed by atoms with Gasteiger partial charge in [0.15, 0.2) is 0 Å². The van der Waals surface area contributed by atoms with E-state index in [-0.39, 0.29) is 0 Å². The fourth-order valence-corrected chi connectivity index (χ4v) is 2.53. The zero-order valence-corrected chi connectivity index (χ0v) is 9.88. The highest BCUT2D eigenvalue weighted by molar-refractivity contribution is 7.13. The van der Waals surface area contributed by atoms with E-state index in [0.29, 0.717) is 10.0 Å². The minimum atomic E-state index is 0.602. The lowest BCUT2D eigenvalue weighted by Gasteiger charge is -2.01. The van der Waals surface area contributed by atoms with Crippen molar-refractivity contribution in [1.29, 1.82) is 0 Å². The number of aryl methyl sites for hydroxylation is 1. The lowest BCUT2D eigenvalue weighted by molar-refractivity contribution is 1.54. The molecule has 1 aromatic carbocycles. The van der Waals surface area contributed by atoms with Gasteiger partial charge in [0.05, 0.1) is 10.0 Å². The van der Waals surface area contributed by atoms with Gasteiger partial charge in [0.1, 0.15) is 0 Å². The average Bonchev–Trinajstić information content (AvgIpc) is 2.57. The highest BCUT2D eigenvalue weighted by Crippen LogP contribution is 2.33. The third kappa shape index (κ3) is 1.81. The first-order valence-electron chi connectivity index (χ1n) is 4.18. The second kappa shape index (κ2) is 3.93. The molecule has 0 spiro atoms. The zero-order chi connectivity index (χ0) is 10.1. The molecule has 1 heterocycles. The van der Waals surface area contributed by atoms with E-state index < -0.39 is 0 Å². The molecule has 0 aliphatic heterocycles. The molecular weight excluding hydrogens is 235 g/mol. The van der Waals surface area contributed by atoms with Crippen LogP contribution in [0.2, 0.25) is 10.0 Å². The lowest BCUT2D eigenvalue weighted by Crippen LogP contribution is -1.76. The Kier molecular flexibility index (Phi) is 2.82. The second-order valence-electron chi connectivity index (χ2n) is 3.06. The Morgan fingerprint density at radius 1 is 1.07 bits per heavy atom. The summed E-state index contributed by atoms with van der Waals surface area (Å²) in [6.07, 6.45) is 0. The van der Waals surface area contributed by atoms with Crippen LogP contribution in [0.5, 0.6) is 0 Å². The minimum Gasteiger partial charge on any atom is -0.144 e. The molecule has 0 atom stereocenters. The molecular formula is C11H8Cl2S. The lowest BCUT2D eigenvalue weighted by atomic mass is 10.1. The van der Waals surface area contributed by atoms with Gasteiger partial charge in [0, 0.05) is 4.88 Å². The third-order valence-electron chi connectivity index (χ3n) is 2.04. The highest BCUT2D eigenvalue weighted by atomic mass is 35.5. The van der Waals surface area contributed by atoms with Crippen LogP contribution in [0.15, 0.2) is 29.6 Å². The fraction of sp³-hybridized carbons (Fsp3) is 0.0909. The molecule has 3 heteroatoms. The maximum Gasteiger partial charge on any atom is 0.0598 e. The van der Waals surface area contributed by atoms with Gasteiger partial charge in [-0.05, 0) is 41.6 Å². The van der Waals surface area contributed by atoms with Gasteiger partial charge in [-0.2, -0.15) is 0 Å². The van der Waals surface area contributed by atoms with Crippen LogP contribution in [0.25, 0.3) is 10.4 Å². The summed E-state index contributed by atoms with van der Waals surface area (Å²) in [5.41, 5.74) is 2.40. The molecule has 0 nitrogen and oxygen atoms in total. The van der Waals surface area contributed by atoms with Crippen LogP contribution >= 0.6 is 34.5 Å². The van der Waals surface area contributed by atoms with Gasteiger partial charge >= 0.3 is 0 Å². The molecule has 14 heavy (non-hydrogen) atoms. The van der Waals surface area contributed by atoms with Crippen LogP contribution in [0.3, 0.4) is 0 Å². The Morgan fingerprint density at radius 2 is 1.86 bits per heavy atom. The molecule has 0 saturated carbocycles. The second-order valence-corrected chi connectivity index (χ2v) is 4.79. The van der Waals surface area contributed by atoms with Crippen molar-refractivity contribution in [3.8, 4) is 10.4 Å². The van der Waals surface area contributed by atoms with Crippen LogP contribution < -0.4 is 0 Å². The molecule has 0 unspecified atom stereocenters. The summed E-state index contributed by atoms with van der Waals surface area (Å²) in [5.74, 6) is 0. The van der Waals surface area contributed by atoms with Gasteiger partial charge in [-0.15, -0.1) is 11.3 Å². The molecule has 2 rings (SSSR count). The molecule has 2 aromatic rings. The van der Waals surface area contributed by atoms with E-state index in [4.69, 9.17) is 23.2 Å². The van der Waals surface area contributed by atoms with E-state index in [9.17, 15) is 0 Å². The molecule has 0 radical (unpaired) electrons. The summed E-state index contributed by atoms with van der Waals surface area (Å²) in [7, 11) is 0. The highest BCUT2D eigenvalue weighted by Gasteiger charge is 2.05.